The molecular formula is C12H22N2O3S. The van der Waals surface area contributed by atoms with E-state index in [0.29, 0.717) is 12.8 Å². The zero-order valence-electron chi connectivity index (χ0n) is 10.8. The summed E-state index contributed by atoms with van der Waals surface area (Å²) in [6.45, 7) is 0.757. The Morgan fingerprint density at radius 1 is 1.33 bits per heavy atom. The first-order chi connectivity index (χ1) is 8.45. The molecule has 0 aromatic heterocycles. The molecule has 3 atom stereocenters. The van der Waals surface area contributed by atoms with Crippen molar-refractivity contribution in [1.29, 1.82) is 0 Å². The van der Waals surface area contributed by atoms with Crippen LogP contribution >= 0.6 is 0 Å². The lowest BCUT2D eigenvalue weighted by Gasteiger charge is -2.29. The Balaban J connectivity index is 1.78. The van der Waals surface area contributed by atoms with Crippen molar-refractivity contribution in [3.63, 3.8) is 0 Å². The highest BCUT2D eigenvalue weighted by Gasteiger charge is 2.29. The number of carbonyl (C=O) groups is 1. The summed E-state index contributed by atoms with van der Waals surface area (Å²) >= 11 is 0. The highest BCUT2D eigenvalue weighted by atomic mass is 32.2. The van der Waals surface area contributed by atoms with Gasteiger partial charge in [-0.25, -0.2) is 8.42 Å². The van der Waals surface area contributed by atoms with Crippen LogP contribution in [0.5, 0.6) is 0 Å². The fraction of sp³-hybridized carbons (Fsp3) is 0.917. The van der Waals surface area contributed by atoms with Crippen molar-refractivity contribution >= 4 is 15.7 Å². The van der Waals surface area contributed by atoms with Crippen LogP contribution in [0, 0.1) is 0 Å². The summed E-state index contributed by atoms with van der Waals surface area (Å²) < 4.78 is 23.1. The number of hydrogen-bond acceptors (Lipinski definition) is 4. The van der Waals surface area contributed by atoms with Gasteiger partial charge in [0.05, 0.1) is 5.25 Å². The molecule has 2 fully saturated rings. The molecule has 1 amide bonds. The zero-order chi connectivity index (χ0) is 13.2. The van der Waals surface area contributed by atoms with Crippen LogP contribution in [0.1, 0.15) is 38.5 Å². The number of nitrogens with one attached hydrogen (secondary N) is 2. The van der Waals surface area contributed by atoms with E-state index < -0.39 is 9.84 Å². The Morgan fingerprint density at radius 2 is 2.11 bits per heavy atom. The van der Waals surface area contributed by atoms with E-state index in [4.69, 9.17) is 0 Å². The molecule has 1 aliphatic carbocycles. The van der Waals surface area contributed by atoms with E-state index in [0.717, 1.165) is 32.2 Å². The Morgan fingerprint density at radius 3 is 2.72 bits per heavy atom. The summed E-state index contributed by atoms with van der Waals surface area (Å²) in [6.07, 6.45) is 6.32. The van der Waals surface area contributed by atoms with Crippen molar-refractivity contribution in [1.82, 2.24) is 10.6 Å². The number of rotatable bonds is 4. The molecule has 104 valence electrons. The lowest BCUT2D eigenvalue weighted by atomic mass is 9.95. The highest BCUT2D eigenvalue weighted by Crippen LogP contribution is 2.24. The molecule has 0 spiro atoms. The van der Waals surface area contributed by atoms with Gasteiger partial charge in [-0.15, -0.1) is 0 Å². The molecule has 0 radical (unpaired) electrons. The molecule has 1 heterocycles. The smallest absolute Gasteiger partial charge is 0.220 e. The second kappa shape index (κ2) is 5.57. The third kappa shape index (κ3) is 3.68. The van der Waals surface area contributed by atoms with Crippen LogP contribution in [-0.4, -0.2) is 44.5 Å². The van der Waals surface area contributed by atoms with Crippen LogP contribution in [0.15, 0.2) is 0 Å². The van der Waals surface area contributed by atoms with Gasteiger partial charge in [0.25, 0.3) is 0 Å². The van der Waals surface area contributed by atoms with Gasteiger partial charge in [0, 0.05) is 31.3 Å². The van der Waals surface area contributed by atoms with Gasteiger partial charge in [0.2, 0.25) is 5.91 Å². The summed E-state index contributed by atoms with van der Waals surface area (Å²) in [4.78, 5) is 11.1. The molecule has 1 saturated carbocycles. The van der Waals surface area contributed by atoms with Gasteiger partial charge in [-0.1, -0.05) is 6.42 Å². The Hall–Kier alpha value is -0.620. The lowest BCUT2D eigenvalue weighted by Crippen LogP contribution is -2.44. The van der Waals surface area contributed by atoms with Gasteiger partial charge < -0.3 is 10.6 Å². The fourth-order valence-electron chi connectivity index (χ4n) is 2.86. The largest absolute Gasteiger partial charge is 0.352 e. The molecule has 5 nitrogen and oxygen atoms in total. The maximum Gasteiger partial charge on any atom is 0.220 e. The van der Waals surface area contributed by atoms with Crippen LogP contribution < -0.4 is 10.6 Å². The maximum absolute atomic E-state index is 11.6. The van der Waals surface area contributed by atoms with Crippen LogP contribution in [-0.2, 0) is 14.6 Å². The minimum atomic E-state index is -2.91. The molecule has 1 saturated heterocycles. The molecule has 0 bridgehead atoms. The van der Waals surface area contributed by atoms with E-state index in [9.17, 15) is 13.2 Å². The average molecular weight is 274 g/mol. The minimum Gasteiger partial charge on any atom is -0.352 e. The standard InChI is InChI=1S/C12H22N2O3S/c1-18(16,17)11-4-2-3-9(7-11)13-8-10-5-6-12(15)14-10/h9-11,13H,2-8H2,1H3,(H,14,15). The number of carbonyl (C=O) groups excluding carboxylic acids is 1. The number of sulfone groups is 1. The van der Waals surface area contributed by atoms with E-state index in [1.807, 2.05) is 0 Å². The van der Waals surface area contributed by atoms with Gasteiger partial charge >= 0.3 is 0 Å². The van der Waals surface area contributed by atoms with Gasteiger partial charge in [-0.2, -0.15) is 0 Å². The normalized spacial score (nSPS) is 33.4. The predicted octanol–water partition coefficient (Wildman–Crippen LogP) is 0.210. The van der Waals surface area contributed by atoms with Gasteiger partial charge in [0.1, 0.15) is 9.84 Å². The molecule has 1 aliphatic heterocycles. The molecule has 6 heteroatoms. The summed E-state index contributed by atoms with van der Waals surface area (Å²) in [5, 5.41) is 6.13. The highest BCUT2D eigenvalue weighted by molar-refractivity contribution is 7.91. The van der Waals surface area contributed by atoms with Crippen molar-refractivity contribution in [3.05, 3.63) is 0 Å². The van der Waals surface area contributed by atoms with Crippen molar-refractivity contribution in [2.75, 3.05) is 12.8 Å². The molecule has 2 N–H and O–H groups in total. The Kier molecular flexibility index (Phi) is 4.27. The third-order valence-corrected chi connectivity index (χ3v) is 5.61. The summed E-state index contributed by atoms with van der Waals surface area (Å²) in [7, 11) is -2.91. The monoisotopic (exact) mass is 274 g/mol. The summed E-state index contributed by atoms with van der Waals surface area (Å²) in [5.41, 5.74) is 0. The molecule has 2 aliphatic rings. The van der Waals surface area contributed by atoms with Crippen LogP contribution in [0.3, 0.4) is 0 Å². The van der Waals surface area contributed by atoms with Crippen molar-refractivity contribution < 1.29 is 13.2 Å². The molecule has 2 rings (SSSR count). The first-order valence-corrected chi connectivity index (χ1v) is 8.62. The van der Waals surface area contributed by atoms with Crippen LogP contribution in [0.2, 0.25) is 0 Å². The second-order valence-electron chi connectivity index (χ2n) is 5.53. The lowest BCUT2D eigenvalue weighted by molar-refractivity contribution is -0.119. The molecule has 18 heavy (non-hydrogen) atoms. The topological polar surface area (TPSA) is 75.3 Å². The molecule has 3 unspecified atom stereocenters. The zero-order valence-corrected chi connectivity index (χ0v) is 11.6. The van der Waals surface area contributed by atoms with Gasteiger partial charge in [-0.3, -0.25) is 4.79 Å². The molecule has 0 aromatic rings. The first kappa shape index (κ1) is 13.8. The maximum atomic E-state index is 11.6. The summed E-state index contributed by atoms with van der Waals surface area (Å²) in [5.74, 6) is 0.124. The third-order valence-electron chi connectivity index (χ3n) is 3.97. The SMILES string of the molecule is CS(=O)(=O)C1CCCC(NCC2CCC(=O)N2)C1. The quantitative estimate of drug-likeness (QED) is 0.768. The van der Waals surface area contributed by atoms with Crippen molar-refractivity contribution in [2.45, 2.75) is 55.9 Å². The van der Waals surface area contributed by atoms with Crippen LogP contribution in [0.25, 0.3) is 0 Å². The number of hydrogen-bond donors (Lipinski definition) is 2. The van der Waals surface area contributed by atoms with E-state index in [-0.39, 0.29) is 23.2 Å². The van der Waals surface area contributed by atoms with E-state index >= 15 is 0 Å². The second-order valence-corrected chi connectivity index (χ2v) is 7.85. The van der Waals surface area contributed by atoms with Gasteiger partial charge in [0.15, 0.2) is 0 Å². The van der Waals surface area contributed by atoms with Crippen LogP contribution in [0.4, 0.5) is 0 Å². The van der Waals surface area contributed by atoms with E-state index in [1.165, 1.54) is 6.26 Å². The average Bonchev–Trinajstić information content (AvgIpc) is 2.72. The fourth-order valence-corrected chi connectivity index (χ4v) is 4.04. The van der Waals surface area contributed by atoms with E-state index in [2.05, 4.69) is 10.6 Å². The Labute approximate surface area is 109 Å². The molecular weight excluding hydrogens is 252 g/mol. The molecule has 0 aromatic carbocycles. The van der Waals surface area contributed by atoms with Gasteiger partial charge in [-0.05, 0) is 25.7 Å². The predicted molar refractivity (Wildman–Crippen MR) is 70.1 cm³/mol. The summed E-state index contributed by atoms with van der Waals surface area (Å²) in [6, 6.07) is 0.493. The van der Waals surface area contributed by atoms with Crippen molar-refractivity contribution in [2.24, 2.45) is 0 Å². The first-order valence-electron chi connectivity index (χ1n) is 6.67. The van der Waals surface area contributed by atoms with Crippen molar-refractivity contribution in [3.8, 4) is 0 Å². The van der Waals surface area contributed by atoms with E-state index in [1.54, 1.807) is 0 Å². The Bertz CT molecular complexity index is 408. The minimum absolute atomic E-state index is 0.124. The number of amides is 1.